The molecule has 1 amide bonds. The van der Waals surface area contributed by atoms with E-state index < -0.39 is 11.9 Å². The zero-order chi connectivity index (χ0) is 30.1. The summed E-state index contributed by atoms with van der Waals surface area (Å²) in [4.78, 5) is 50.3. The maximum atomic E-state index is 13.8. The van der Waals surface area contributed by atoms with Crippen LogP contribution in [0.3, 0.4) is 0 Å². The van der Waals surface area contributed by atoms with Crippen LogP contribution in [0, 0.1) is 5.92 Å². The molecule has 0 saturated heterocycles. The Morgan fingerprint density at radius 2 is 1.36 bits per heavy atom. The number of ketones is 2. The first-order chi connectivity index (χ1) is 20.2. The van der Waals surface area contributed by atoms with Crippen molar-refractivity contribution in [1.82, 2.24) is 5.32 Å². The molecule has 3 aromatic rings. The van der Waals surface area contributed by atoms with Crippen molar-refractivity contribution in [2.45, 2.75) is 64.7 Å². The van der Waals surface area contributed by atoms with Gasteiger partial charge in [0.15, 0.2) is 11.6 Å². The Morgan fingerprint density at radius 3 is 1.95 bits per heavy atom. The van der Waals surface area contributed by atoms with Gasteiger partial charge in [0, 0.05) is 28.8 Å². The van der Waals surface area contributed by atoms with Crippen molar-refractivity contribution in [3.8, 4) is 0 Å². The van der Waals surface area contributed by atoms with E-state index in [9.17, 15) is 19.2 Å². The number of hydrogen-bond acceptors (Lipinski definition) is 4. The fraction of sp³-hybridized carbons (Fsp3) is 0.333. The summed E-state index contributed by atoms with van der Waals surface area (Å²) in [6.45, 7) is 4.31. The molecule has 0 heterocycles. The molecule has 0 bridgehead atoms. The molecule has 6 nitrogen and oxygen atoms in total. The molecule has 3 aromatic carbocycles. The van der Waals surface area contributed by atoms with E-state index in [0.29, 0.717) is 39.7 Å². The third kappa shape index (κ3) is 8.35. The first-order valence-corrected chi connectivity index (χ1v) is 14.8. The van der Waals surface area contributed by atoms with Gasteiger partial charge in [-0.1, -0.05) is 93.8 Å². The lowest BCUT2D eigenvalue weighted by atomic mass is 9.83. The van der Waals surface area contributed by atoms with Gasteiger partial charge in [-0.15, -0.1) is 0 Å². The standard InChI is InChI=1S/C36H39NO5/c1-24(2)22-25-8-10-29(11-9-25)33(38)23-32(28-14-12-27(13-15-28)26-6-4-3-5-7-26)35(41)30-16-18-31(19-17-30)36(42)37-21-20-34(39)40/h8-19,23-24,26H,3-7,20-22H2,1-2H3,(H,37,42)(H,39,40). The van der Waals surface area contributed by atoms with Crippen molar-refractivity contribution in [2.24, 2.45) is 5.92 Å². The fourth-order valence-corrected chi connectivity index (χ4v) is 5.46. The number of benzene rings is 3. The Bertz CT molecular complexity index is 1430. The van der Waals surface area contributed by atoms with E-state index in [4.69, 9.17) is 5.11 Å². The molecule has 0 atom stereocenters. The van der Waals surface area contributed by atoms with Crippen LogP contribution in [0.2, 0.25) is 0 Å². The number of amides is 1. The van der Waals surface area contributed by atoms with Crippen molar-refractivity contribution in [3.05, 3.63) is 112 Å². The Balaban J connectivity index is 1.60. The summed E-state index contributed by atoms with van der Waals surface area (Å²) < 4.78 is 0. The second kappa shape index (κ2) is 14.5. The molecule has 0 radical (unpaired) electrons. The predicted molar refractivity (Wildman–Crippen MR) is 165 cm³/mol. The molecule has 2 N–H and O–H groups in total. The van der Waals surface area contributed by atoms with Crippen molar-refractivity contribution in [2.75, 3.05) is 6.54 Å². The van der Waals surface area contributed by atoms with Crippen molar-refractivity contribution in [3.63, 3.8) is 0 Å². The van der Waals surface area contributed by atoms with Gasteiger partial charge >= 0.3 is 5.97 Å². The van der Waals surface area contributed by atoms with E-state index in [2.05, 4.69) is 31.3 Å². The maximum absolute atomic E-state index is 13.8. The molecule has 0 aliphatic heterocycles. The zero-order valence-electron chi connectivity index (χ0n) is 24.4. The highest BCUT2D eigenvalue weighted by Gasteiger charge is 2.20. The summed E-state index contributed by atoms with van der Waals surface area (Å²) in [7, 11) is 0. The van der Waals surface area contributed by atoms with Crippen molar-refractivity contribution >= 4 is 29.0 Å². The van der Waals surface area contributed by atoms with Crippen LogP contribution in [-0.2, 0) is 11.2 Å². The average Bonchev–Trinajstić information content (AvgIpc) is 3.00. The minimum Gasteiger partial charge on any atom is -0.481 e. The maximum Gasteiger partial charge on any atom is 0.305 e. The van der Waals surface area contributed by atoms with E-state index >= 15 is 0 Å². The van der Waals surface area contributed by atoms with E-state index in [1.165, 1.54) is 55.9 Å². The zero-order valence-corrected chi connectivity index (χ0v) is 24.4. The molecular formula is C36H39NO5. The van der Waals surface area contributed by atoms with Gasteiger partial charge in [0.05, 0.1) is 6.42 Å². The van der Waals surface area contributed by atoms with Crippen LogP contribution in [0.1, 0.15) is 106 Å². The van der Waals surface area contributed by atoms with Crippen LogP contribution >= 0.6 is 0 Å². The van der Waals surface area contributed by atoms with Crippen LogP contribution in [0.5, 0.6) is 0 Å². The van der Waals surface area contributed by atoms with Gasteiger partial charge in [0.1, 0.15) is 0 Å². The number of carboxylic acids is 1. The van der Waals surface area contributed by atoms with Crippen LogP contribution in [0.4, 0.5) is 0 Å². The lowest BCUT2D eigenvalue weighted by molar-refractivity contribution is -0.136. The SMILES string of the molecule is CC(C)Cc1ccc(C(=O)C=C(C(=O)c2ccc(C(=O)NCCC(=O)O)cc2)c2ccc(C3CCCCC3)cc2)cc1. The number of carbonyl (C=O) groups is 4. The number of aliphatic carboxylic acids is 1. The summed E-state index contributed by atoms with van der Waals surface area (Å²) in [5, 5.41) is 11.3. The van der Waals surface area contributed by atoms with Crippen LogP contribution < -0.4 is 5.32 Å². The number of hydrogen-bond donors (Lipinski definition) is 2. The summed E-state index contributed by atoms with van der Waals surface area (Å²) in [5.74, 6) is -0.947. The molecule has 0 aromatic heterocycles. The van der Waals surface area contributed by atoms with Gasteiger partial charge in [-0.2, -0.15) is 0 Å². The molecule has 0 unspecified atom stereocenters. The van der Waals surface area contributed by atoms with Gasteiger partial charge in [-0.05, 0) is 66.0 Å². The molecule has 218 valence electrons. The van der Waals surface area contributed by atoms with Gasteiger partial charge in [-0.3, -0.25) is 19.2 Å². The molecule has 42 heavy (non-hydrogen) atoms. The number of nitrogens with one attached hydrogen (secondary N) is 1. The minimum atomic E-state index is -0.997. The van der Waals surface area contributed by atoms with Crippen molar-refractivity contribution < 1.29 is 24.3 Å². The number of Topliss-reactive ketones (excluding diaryl/α,β-unsaturated/α-hetero) is 1. The van der Waals surface area contributed by atoms with Gasteiger partial charge < -0.3 is 10.4 Å². The quantitative estimate of drug-likeness (QED) is 0.177. The second-order valence-electron chi connectivity index (χ2n) is 11.5. The molecule has 0 spiro atoms. The molecule has 1 aliphatic rings. The second-order valence-corrected chi connectivity index (χ2v) is 11.5. The van der Waals surface area contributed by atoms with Gasteiger partial charge in [0.2, 0.25) is 0 Å². The highest BCUT2D eigenvalue weighted by molar-refractivity contribution is 6.32. The normalized spacial score (nSPS) is 14.0. The van der Waals surface area contributed by atoms with E-state index in [1.807, 2.05) is 36.4 Å². The first kappa shape index (κ1) is 30.6. The van der Waals surface area contributed by atoms with Gasteiger partial charge in [0.25, 0.3) is 5.91 Å². The highest BCUT2D eigenvalue weighted by Crippen LogP contribution is 2.33. The first-order valence-electron chi connectivity index (χ1n) is 14.8. The Hall–Kier alpha value is -4.32. The van der Waals surface area contributed by atoms with Crippen LogP contribution in [0.15, 0.2) is 78.9 Å². The summed E-state index contributed by atoms with van der Waals surface area (Å²) in [6, 6.07) is 21.7. The monoisotopic (exact) mass is 565 g/mol. The smallest absolute Gasteiger partial charge is 0.305 e. The molecule has 6 heteroatoms. The predicted octanol–water partition coefficient (Wildman–Crippen LogP) is 7.29. The largest absolute Gasteiger partial charge is 0.481 e. The van der Waals surface area contributed by atoms with Crippen LogP contribution in [-0.4, -0.2) is 35.1 Å². The van der Waals surface area contributed by atoms with E-state index in [0.717, 1.165) is 12.0 Å². The third-order valence-corrected chi connectivity index (χ3v) is 7.73. The number of rotatable bonds is 12. The summed E-state index contributed by atoms with van der Waals surface area (Å²) >= 11 is 0. The molecule has 4 rings (SSSR count). The molecule has 1 saturated carbocycles. The Morgan fingerprint density at radius 1 is 0.786 bits per heavy atom. The number of carboxylic acid groups (broad SMARTS) is 1. The van der Waals surface area contributed by atoms with Gasteiger partial charge in [-0.25, -0.2) is 0 Å². The summed E-state index contributed by atoms with van der Waals surface area (Å²) in [5.41, 5.74) is 4.55. The fourth-order valence-electron chi connectivity index (χ4n) is 5.46. The highest BCUT2D eigenvalue weighted by atomic mass is 16.4. The molecule has 1 fully saturated rings. The average molecular weight is 566 g/mol. The Labute approximate surface area is 247 Å². The topological polar surface area (TPSA) is 101 Å². The lowest BCUT2D eigenvalue weighted by Gasteiger charge is -2.22. The number of allylic oxidation sites excluding steroid dienone is 2. The van der Waals surface area contributed by atoms with Crippen molar-refractivity contribution in [1.29, 1.82) is 0 Å². The van der Waals surface area contributed by atoms with E-state index in [-0.39, 0.29) is 24.5 Å². The summed E-state index contributed by atoms with van der Waals surface area (Å²) in [6.07, 6.45) is 8.24. The minimum absolute atomic E-state index is 0.0130. The molecule has 1 aliphatic carbocycles. The Kier molecular flexibility index (Phi) is 10.6. The lowest BCUT2D eigenvalue weighted by Crippen LogP contribution is -2.26. The van der Waals surface area contributed by atoms with E-state index in [1.54, 1.807) is 12.1 Å². The molecular weight excluding hydrogens is 526 g/mol. The number of carbonyl (C=O) groups excluding carboxylic acids is 3. The third-order valence-electron chi connectivity index (χ3n) is 7.73. The van der Waals surface area contributed by atoms with Crippen LogP contribution in [0.25, 0.3) is 5.57 Å².